The molecule has 0 fully saturated rings. The Morgan fingerprint density at radius 2 is 2.12 bits per heavy atom. The predicted octanol–water partition coefficient (Wildman–Crippen LogP) is 1.55. The number of likely N-dealkylation sites (N-methyl/N-ethyl adjacent to an activating group) is 1. The van der Waals surface area contributed by atoms with Gasteiger partial charge in [-0.25, -0.2) is 14.8 Å². The highest BCUT2D eigenvalue weighted by atomic mass is 35.5. The Morgan fingerprint density at radius 3 is 2.88 bits per heavy atom. The second kappa shape index (κ2) is 7.12. The molecule has 0 spiro atoms. The van der Waals surface area contributed by atoms with Gasteiger partial charge in [0.25, 0.3) is 5.91 Å². The number of nitrogens with one attached hydrogen (secondary N) is 1. The summed E-state index contributed by atoms with van der Waals surface area (Å²) in [5.74, 6) is -1.48. The van der Waals surface area contributed by atoms with Crippen LogP contribution in [0, 0.1) is 0 Å². The highest BCUT2D eigenvalue weighted by Gasteiger charge is 2.19. The van der Waals surface area contributed by atoms with Crippen molar-refractivity contribution in [3.63, 3.8) is 0 Å². The molecule has 1 aliphatic heterocycles. The lowest BCUT2D eigenvalue weighted by Crippen LogP contribution is -2.27. The van der Waals surface area contributed by atoms with Crippen molar-refractivity contribution in [2.45, 2.75) is 13.0 Å². The summed E-state index contributed by atoms with van der Waals surface area (Å²) < 4.78 is 4.58. The van der Waals surface area contributed by atoms with E-state index >= 15 is 0 Å². The lowest BCUT2D eigenvalue weighted by molar-refractivity contribution is 0.0594. The van der Waals surface area contributed by atoms with E-state index in [0.717, 1.165) is 30.8 Å². The maximum absolute atomic E-state index is 12.4. The third-order valence-corrected chi connectivity index (χ3v) is 4.09. The third-order valence-electron chi connectivity index (χ3n) is 3.81. The van der Waals surface area contributed by atoms with E-state index in [2.05, 4.69) is 29.9 Å². The number of ether oxygens (including phenoxy) is 1. The Labute approximate surface area is 149 Å². The summed E-state index contributed by atoms with van der Waals surface area (Å²) in [6.07, 6.45) is 3.66. The van der Waals surface area contributed by atoms with Gasteiger partial charge in [0.15, 0.2) is 5.69 Å². The smallest absolute Gasteiger partial charge is 0.358 e. The van der Waals surface area contributed by atoms with Crippen LogP contribution in [-0.4, -0.2) is 52.4 Å². The lowest BCUT2D eigenvalue weighted by Gasteiger charge is -2.24. The molecule has 3 heterocycles. The summed E-state index contributed by atoms with van der Waals surface area (Å²) in [5.41, 5.74) is 2.48. The van der Waals surface area contributed by atoms with Crippen molar-refractivity contribution in [2.75, 3.05) is 26.0 Å². The van der Waals surface area contributed by atoms with Gasteiger partial charge in [-0.3, -0.25) is 9.78 Å². The Kier molecular flexibility index (Phi) is 4.91. The van der Waals surface area contributed by atoms with Crippen LogP contribution in [0.1, 0.15) is 32.4 Å². The van der Waals surface area contributed by atoms with Crippen molar-refractivity contribution in [3.8, 4) is 0 Å². The number of nitrogens with zero attached hydrogens (tertiary/aromatic N) is 4. The molecule has 0 unspecified atom stereocenters. The van der Waals surface area contributed by atoms with Gasteiger partial charge in [0.2, 0.25) is 5.82 Å². The topological polar surface area (TPSA) is 97.3 Å². The number of esters is 1. The Hall–Kier alpha value is -2.58. The van der Waals surface area contributed by atoms with Gasteiger partial charge >= 0.3 is 5.97 Å². The number of methoxy groups -OCH3 is 1. The van der Waals surface area contributed by atoms with Crippen LogP contribution in [0.4, 0.5) is 5.69 Å². The SMILES string of the molecule is COC(=O)c1nc(C(=O)Nc2cnc3c(c2)CN(C)CC3)ncc1Cl. The normalized spacial score (nSPS) is 13.9. The summed E-state index contributed by atoms with van der Waals surface area (Å²) in [7, 11) is 3.24. The van der Waals surface area contributed by atoms with E-state index in [9.17, 15) is 9.59 Å². The van der Waals surface area contributed by atoms with E-state index < -0.39 is 11.9 Å². The molecule has 0 aromatic carbocycles. The molecule has 0 saturated heterocycles. The van der Waals surface area contributed by atoms with E-state index in [-0.39, 0.29) is 16.5 Å². The van der Waals surface area contributed by atoms with Crippen LogP contribution in [0.5, 0.6) is 0 Å². The molecule has 0 aliphatic carbocycles. The summed E-state index contributed by atoms with van der Waals surface area (Å²) >= 11 is 5.86. The standard InChI is InChI=1S/C16H16ClN5O3/c1-22-4-3-12-9(8-22)5-10(6-18-12)20-15(23)14-19-7-11(17)13(21-14)16(24)25-2/h5-7H,3-4,8H2,1-2H3,(H,20,23). The predicted molar refractivity (Wildman–Crippen MR) is 90.6 cm³/mol. The highest BCUT2D eigenvalue weighted by Crippen LogP contribution is 2.20. The van der Waals surface area contributed by atoms with Crippen LogP contribution >= 0.6 is 11.6 Å². The minimum Gasteiger partial charge on any atom is -0.464 e. The summed E-state index contributed by atoms with van der Waals surface area (Å²) in [5, 5.41) is 2.70. The monoisotopic (exact) mass is 361 g/mol. The number of aromatic nitrogens is 3. The maximum atomic E-state index is 12.4. The minimum absolute atomic E-state index is 0.0156. The zero-order valence-corrected chi connectivity index (χ0v) is 14.5. The molecule has 1 amide bonds. The lowest BCUT2D eigenvalue weighted by atomic mass is 10.1. The van der Waals surface area contributed by atoms with Crippen molar-refractivity contribution in [1.29, 1.82) is 0 Å². The van der Waals surface area contributed by atoms with Gasteiger partial charge in [-0.15, -0.1) is 0 Å². The van der Waals surface area contributed by atoms with Crippen LogP contribution in [0.2, 0.25) is 5.02 Å². The van der Waals surface area contributed by atoms with Gasteiger partial charge in [-0.2, -0.15) is 0 Å². The Balaban J connectivity index is 1.81. The van der Waals surface area contributed by atoms with Gasteiger partial charge in [0, 0.05) is 25.2 Å². The second-order valence-corrected chi connectivity index (χ2v) is 6.06. The van der Waals surface area contributed by atoms with E-state index in [1.165, 1.54) is 13.3 Å². The molecular formula is C16H16ClN5O3. The van der Waals surface area contributed by atoms with Crippen molar-refractivity contribution >= 4 is 29.2 Å². The molecule has 8 nitrogen and oxygen atoms in total. The van der Waals surface area contributed by atoms with Gasteiger partial charge in [-0.05, 0) is 18.7 Å². The number of halogens is 1. The first-order chi connectivity index (χ1) is 12.0. The number of hydrogen-bond donors (Lipinski definition) is 1. The maximum Gasteiger partial charge on any atom is 0.358 e. The molecule has 3 rings (SSSR count). The number of amides is 1. The number of anilines is 1. The largest absolute Gasteiger partial charge is 0.464 e. The van der Waals surface area contributed by atoms with Crippen LogP contribution in [0.3, 0.4) is 0 Å². The number of carbonyl (C=O) groups excluding carboxylic acids is 2. The first-order valence-corrected chi connectivity index (χ1v) is 7.94. The fourth-order valence-electron chi connectivity index (χ4n) is 2.54. The van der Waals surface area contributed by atoms with Gasteiger partial charge < -0.3 is 15.0 Å². The molecule has 0 atom stereocenters. The fourth-order valence-corrected chi connectivity index (χ4v) is 2.71. The van der Waals surface area contributed by atoms with Crippen LogP contribution in [-0.2, 0) is 17.7 Å². The Bertz CT molecular complexity index is 843. The third kappa shape index (κ3) is 3.75. The highest BCUT2D eigenvalue weighted by molar-refractivity contribution is 6.33. The number of rotatable bonds is 3. The van der Waals surface area contributed by atoms with Crippen molar-refractivity contribution in [2.24, 2.45) is 0 Å². The van der Waals surface area contributed by atoms with Gasteiger partial charge in [-0.1, -0.05) is 11.6 Å². The molecule has 2 aromatic rings. The minimum atomic E-state index is -0.736. The summed E-state index contributed by atoms with van der Waals surface area (Å²) in [4.78, 5) is 38.3. The van der Waals surface area contributed by atoms with Crippen molar-refractivity contribution in [3.05, 3.63) is 46.3 Å². The van der Waals surface area contributed by atoms with E-state index in [1.807, 2.05) is 13.1 Å². The van der Waals surface area contributed by atoms with Gasteiger partial charge in [0.1, 0.15) is 0 Å². The molecule has 0 bridgehead atoms. The van der Waals surface area contributed by atoms with Gasteiger partial charge in [0.05, 0.1) is 30.2 Å². The Morgan fingerprint density at radius 1 is 1.32 bits per heavy atom. The number of fused-ring (bicyclic) bond motifs is 1. The quantitative estimate of drug-likeness (QED) is 0.828. The van der Waals surface area contributed by atoms with E-state index in [1.54, 1.807) is 6.20 Å². The number of pyridine rings is 1. The number of hydrogen-bond acceptors (Lipinski definition) is 7. The van der Waals surface area contributed by atoms with E-state index in [4.69, 9.17) is 11.6 Å². The molecule has 2 aromatic heterocycles. The molecule has 25 heavy (non-hydrogen) atoms. The van der Waals surface area contributed by atoms with Crippen molar-refractivity contribution < 1.29 is 14.3 Å². The van der Waals surface area contributed by atoms with E-state index in [0.29, 0.717) is 5.69 Å². The first kappa shape index (κ1) is 17.2. The first-order valence-electron chi connectivity index (χ1n) is 7.56. The average molecular weight is 362 g/mol. The second-order valence-electron chi connectivity index (χ2n) is 5.65. The van der Waals surface area contributed by atoms with Crippen LogP contribution in [0.25, 0.3) is 0 Å². The molecular weight excluding hydrogens is 346 g/mol. The molecule has 0 radical (unpaired) electrons. The number of carbonyl (C=O) groups is 2. The van der Waals surface area contributed by atoms with Crippen molar-refractivity contribution in [1.82, 2.24) is 19.9 Å². The molecule has 9 heteroatoms. The molecule has 0 saturated carbocycles. The zero-order valence-electron chi connectivity index (χ0n) is 13.7. The molecule has 1 N–H and O–H groups in total. The molecule has 1 aliphatic rings. The van der Waals surface area contributed by atoms with Crippen LogP contribution in [0.15, 0.2) is 18.5 Å². The average Bonchev–Trinajstić information content (AvgIpc) is 2.61. The summed E-state index contributed by atoms with van der Waals surface area (Å²) in [6, 6.07) is 1.88. The fraction of sp³-hybridized carbons (Fsp3) is 0.312. The van der Waals surface area contributed by atoms with Crippen LogP contribution < -0.4 is 5.32 Å². The zero-order chi connectivity index (χ0) is 18.0. The summed E-state index contributed by atoms with van der Waals surface area (Å²) in [6.45, 7) is 1.73. The molecule has 130 valence electrons.